The highest BCUT2D eigenvalue weighted by atomic mass is 35.5. The topological polar surface area (TPSA) is 57.0 Å². The minimum atomic E-state index is -0.304. The van der Waals surface area contributed by atoms with E-state index in [0.29, 0.717) is 27.6 Å². The Balaban J connectivity index is 2.30. The first-order valence-corrected chi connectivity index (χ1v) is 7.89. The van der Waals surface area contributed by atoms with E-state index in [4.69, 9.17) is 23.2 Å². The van der Waals surface area contributed by atoms with E-state index in [0.717, 1.165) is 5.56 Å². The van der Waals surface area contributed by atoms with E-state index in [9.17, 15) is 4.79 Å². The van der Waals surface area contributed by atoms with E-state index < -0.39 is 0 Å². The van der Waals surface area contributed by atoms with Crippen molar-refractivity contribution in [2.45, 2.75) is 18.6 Å². The molecule has 0 radical (unpaired) electrons. The minimum absolute atomic E-state index is 0.190. The van der Waals surface area contributed by atoms with Crippen molar-refractivity contribution in [1.29, 1.82) is 0 Å². The first-order chi connectivity index (χ1) is 10.1. The van der Waals surface area contributed by atoms with E-state index in [-0.39, 0.29) is 11.7 Å². The Morgan fingerprint density at radius 2 is 2.10 bits per heavy atom. The maximum atomic E-state index is 11.2. The van der Waals surface area contributed by atoms with Crippen LogP contribution in [0.1, 0.15) is 6.92 Å². The minimum Gasteiger partial charge on any atom is -0.468 e. The highest BCUT2D eigenvalue weighted by Crippen LogP contribution is 2.29. The molecule has 0 aliphatic carbocycles. The van der Waals surface area contributed by atoms with Gasteiger partial charge in [-0.25, -0.2) is 0 Å². The Morgan fingerprint density at radius 1 is 1.33 bits per heavy atom. The van der Waals surface area contributed by atoms with Crippen LogP contribution in [-0.4, -0.2) is 33.6 Å². The molecule has 0 unspecified atom stereocenters. The van der Waals surface area contributed by atoms with Crippen LogP contribution in [0.3, 0.4) is 0 Å². The number of benzene rings is 1. The van der Waals surface area contributed by atoms with Crippen LogP contribution in [0.25, 0.3) is 11.4 Å². The summed E-state index contributed by atoms with van der Waals surface area (Å²) in [6.07, 6.45) is 0. The van der Waals surface area contributed by atoms with Gasteiger partial charge >= 0.3 is 5.97 Å². The molecule has 1 aromatic carbocycles. The smallest absolute Gasteiger partial charge is 0.316 e. The van der Waals surface area contributed by atoms with Crippen molar-refractivity contribution in [2.24, 2.45) is 0 Å². The second kappa shape index (κ2) is 7.15. The van der Waals surface area contributed by atoms with Crippen molar-refractivity contribution in [3.8, 4) is 11.4 Å². The number of nitrogens with zero attached hydrogens (tertiary/aromatic N) is 3. The largest absolute Gasteiger partial charge is 0.468 e. The lowest BCUT2D eigenvalue weighted by Crippen LogP contribution is -2.05. The van der Waals surface area contributed by atoms with Gasteiger partial charge in [-0.15, -0.1) is 10.2 Å². The van der Waals surface area contributed by atoms with E-state index in [2.05, 4.69) is 14.9 Å². The number of hydrogen-bond donors (Lipinski definition) is 0. The normalized spacial score (nSPS) is 10.7. The van der Waals surface area contributed by atoms with Gasteiger partial charge in [0.1, 0.15) is 0 Å². The number of rotatable bonds is 5. The second-order valence-electron chi connectivity index (χ2n) is 4.04. The van der Waals surface area contributed by atoms with Crippen molar-refractivity contribution >= 4 is 40.9 Å². The van der Waals surface area contributed by atoms with Crippen molar-refractivity contribution in [2.75, 3.05) is 12.9 Å². The number of methoxy groups -OCH3 is 1. The number of hydrogen-bond acceptors (Lipinski definition) is 5. The van der Waals surface area contributed by atoms with Crippen molar-refractivity contribution in [1.82, 2.24) is 14.8 Å². The number of carbonyl (C=O) groups excluding carboxylic acids is 1. The Kier molecular flexibility index (Phi) is 5.50. The Labute approximate surface area is 136 Å². The molecule has 0 aliphatic rings. The third kappa shape index (κ3) is 3.70. The zero-order valence-corrected chi connectivity index (χ0v) is 13.8. The predicted octanol–water partition coefficient (Wildman–Crippen LogP) is 3.54. The molecule has 0 saturated heterocycles. The first-order valence-electron chi connectivity index (χ1n) is 6.15. The Bertz CT molecular complexity index is 661. The fourth-order valence-corrected chi connectivity index (χ4v) is 2.84. The average molecular weight is 346 g/mol. The standard InChI is InChI=1S/C13H13Cl2N3O2S/c1-3-18-12(8-4-5-9(14)10(15)6-8)16-17-13(18)21-7-11(19)20-2/h4-6H,3,7H2,1-2H3. The predicted molar refractivity (Wildman–Crippen MR) is 83.9 cm³/mol. The van der Waals surface area contributed by atoms with Crippen LogP contribution >= 0.6 is 35.0 Å². The molecular weight excluding hydrogens is 333 g/mol. The lowest BCUT2D eigenvalue weighted by atomic mass is 10.2. The maximum absolute atomic E-state index is 11.2. The number of ether oxygens (including phenoxy) is 1. The molecular formula is C13H13Cl2N3O2S. The molecule has 0 saturated carbocycles. The molecule has 1 aromatic heterocycles. The SMILES string of the molecule is CCn1c(SCC(=O)OC)nnc1-c1ccc(Cl)c(Cl)c1. The highest BCUT2D eigenvalue weighted by Gasteiger charge is 2.15. The Morgan fingerprint density at radius 3 is 2.71 bits per heavy atom. The van der Waals surface area contributed by atoms with E-state index in [1.807, 2.05) is 17.6 Å². The summed E-state index contributed by atoms with van der Waals surface area (Å²) in [4.78, 5) is 11.2. The summed E-state index contributed by atoms with van der Waals surface area (Å²) in [5, 5.41) is 9.89. The number of thioether (sulfide) groups is 1. The van der Waals surface area contributed by atoms with Crippen LogP contribution in [0, 0.1) is 0 Å². The van der Waals surface area contributed by atoms with Gasteiger partial charge in [0.05, 0.1) is 22.9 Å². The van der Waals surface area contributed by atoms with Crippen LogP contribution in [0.2, 0.25) is 10.0 Å². The average Bonchev–Trinajstić information content (AvgIpc) is 2.90. The quantitative estimate of drug-likeness (QED) is 0.612. The fraction of sp³-hybridized carbons (Fsp3) is 0.308. The van der Waals surface area contributed by atoms with Gasteiger partial charge < -0.3 is 9.30 Å². The molecule has 112 valence electrons. The van der Waals surface area contributed by atoms with Gasteiger partial charge in [-0.05, 0) is 25.1 Å². The lowest BCUT2D eigenvalue weighted by molar-refractivity contribution is -0.137. The van der Waals surface area contributed by atoms with E-state index >= 15 is 0 Å². The third-order valence-electron chi connectivity index (χ3n) is 2.76. The van der Waals surface area contributed by atoms with Gasteiger partial charge in [0.2, 0.25) is 0 Å². The summed E-state index contributed by atoms with van der Waals surface area (Å²) in [6.45, 7) is 2.65. The van der Waals surface area contributed by atoms with E-state index in [1.165, 1.54) is 18.9 Å². The summed E-state index contributed by atoms with van der Waals surface area (Å²) < 4.78 is 6.53. The van der Waals surface area contributed by atoms with Gasteiger partial charge in [-0.1, -0.05) is 35.0 Å². The van der Waals surface area contributed by atoms with Crippen LogP contribution in [-0.2, 0) is 16.1 Å². The van der Waals surface area contributed by atoms with Gasteiger partial charge in [0, 0.05) is 12.1 Å². The van der Waals surface area contributed by atoms with Gasteiger partial charge in [-0.2, -0.15) is 0 Å². The molecule has 5 nitrogen and oxygen atoms in total. The zero-order valence-electron chi connectivity index (χ0n) is 11.5. The van der Waals surface area contributed by atoms with Gasteiger partial charge in [-0.3, -0.25) is 4.79 Å². The molecule has 0 N–H and O–H groups in total. The summed E-state index contributed by atoms with van der Waals surface area (Å²) in [7, 11) is 1.36. The zero-order chi connectivity index (χ0) is 15.4. The number of esters is 1. The van der Waals surface area contributed by atoms with Gasteiger partial charge in [0.25, 0.3) is 0 Å². The molecule has 21 heavy (non-hydrogen) atoms. The molecule has 0 bridgehead atoms. The summed E-state index contributed by atoms with van der Waals surface area (Å²) in [5.41, 5.74) is 0.823. The van der Waals surface area contributed by atoms with E-state index in [1.54, 1.807) is 12.1 Å². The Hall–Kier alpha value is -1.24. The molecule has 2 rings (SSSR count). The van der Waals surface area contributed by atoms with Crippen LogP contribution in [0.4, 0.5) is 0 Å². The third-order valence-corrected chi connectivity index (χ3v) is 4.44. The molecule has 0 spiro atoms. The summed E-state index contributed by atoms with van der Waals surface area (Å²) in [6, 6.07) is 5.29. The summed E-state index contributed by atoms with van der Waals surface area (Å²) in [5.74, 6) is 0.570. The summed E-state index contributed by atoms with van der Waals surface area (Å²) >= 11 is 13.2. The maximum Gasteiger partial charge on any atom is 0.316 e. The van der Waals surface area contributed by atoms with Crippen LogP contribution in [0.15, 0.2) is 23.4 Å². The first kappa shape index (κ1) is 16.1. The van der Waals surface area contributed by atoms with Crippen molar-refractivity contribution < 1.29 is 9.53 Å². The molecule has 0 atom stereocenters. The van der Waals surface area contributed by atoms with Crippen LogP contribution in [0.5, 0.6) is 0 Å². The van der Waals surface area contributed by atoms with Crippen molar-refractivity contribution in [3.05, 3.63) is 28.2 Å². The molecule has 0 amide bonds. The second-order valence-corrected chi connectivity index (χ2v) is 5.80. The van der Waals surface area contributed by atoms with Crippen molar-refractivity contribution in [3.63, 3.8) is 0 Å². The van der Waals surface area contributed by atoms with Crippen LogP contribution < -0.4 is 0 Å². The lowest BCUT2D eigenvalue weighted by Gasteiger charge is -2.07. The molecule has 0 aliphatic heterocycles. The molecule has 8 heteroatoms. The number of carbonyl (C=O) groups is 1. The molecule has 0 fully saturated rings. The molecule has 1 heterocycles. The molecule has 2 aromatic rings. The number of halogens is 2. The van der Waals surface area contributed by atoms with Gasteiger partial charge in [0.15, 0.2) is 11.0 Å². The highest BCUT2D eigenvalue weighted by molar-refractivity contribution is 7.99. The fourth-order valence-electron chi connectivity index (χ4n) is 1.71. The number of aromatic nitrogens is 3. The monoisotopic (exact) mass is 345 g/mol.